The van der Waals surface area contributed by atoms with Gasteiger partial charge in [0.15, 0.2) is 11.5 Å². The van der Waals surface area contributed by atoms with Crippen LogP contribution in [0.1, 0.15) is 75.3 Å². The van der Waals surface area contributed by atoms with Gasteiger partial charge >= 0.3 is 13.7 Å². The normalized spacial score (nSPS) is 14.0. The molecule has 0 aliphatic rings. The Kier molecular flexibility index (Phi) is 10.1. The highest BCUT2D eigenvalue weighted by atomic mass is 31.2. The highest BCUT2D eigenvalue weighted by Crippen LogP contribution is 2.37. The number of carbonyl (C=O) groups is 2. The highest BCUT2D eigenvalue weighted by molar-refractivity contribution is 7.55. The number of amides is 1. The molecule has 0 saturated carbocycles. The molecule has 0 saturated heterocycles. The fourth-order valence-electron chi connectivity index (χ4n) is 3.41. The van der Waals surface area contributed by atoms with E-state index in [4.69, 9.17) is 9.15 Å². The zero-order chi connectivity index (χ0) is 26.1. The lowest BCUT2D eigenvalue weighted by Gasteiger charge is -2.29. The molecule has 1 heterocycles. The summed E-state index contributed by atoms with van der Waals surface area (Å²) in [5.41, 5.74) is -0.594. The zero-order valence-corrected chi connectivity index (χ0v) is 21.7. The van der Waals surface area contributed by atoms with E-state index in [1.807, 2.05) is 18.2 Å². The SMILES string of the molecule is CC(C)(C)OC(=O)N[C@@](C)(C=CP(=O)(O)O)CCc1ccc(C(=O)CCCCc2ccccc2)o1. The van der Waals surface area contributed by atoms with Crippen molar-refractivity contribution >= 4 is 19.5 Å². The summed E-state index contributed by atoms with van der Waals surface area (Å²) in [6.07, 6.45) is 4.13. The molecular formula is C26H36NO7P. The van der Waals surface area contributed by atoms with Crippen LogP contribution in [0.3, 0.4) is 0 Å². The second-order valence-electron chi connectivity index (χ2n) is 9.83. The fourth-order valence-corrected chi connectivity index (χ4v) is 3.94. The average Bonchev–Trinajstić information content (AvgIpc) is 3.22. The molecule has 1 amide bonds. The molecule has 0 radical (unpaired) electrons. The topological polar surface area (TPSA) is 126 Å². The van der Waals surface area contributed by atoms with Gasteiger partial charge in [0.05, 0.1) is 5.54 Å². The molecule has 1 atom stereocenters. The van der Waals surface area contributed by atoms with Crippen LogP contribution in [-0.2, 0) is 22.1 Å². The molecule has 0 spiro atoms. The van der Waals surface area contributed by atoms with Crippen molar-refractivity contribution in [1.82, 2.24) is 5.32 Å². The van der Waals surface area contributed by atoms with E-state index in [0.717, 1.165) is 25.1 Å². The number of Topliss-reactive ketones (excluding diaryl/α,β-unsaturated/α-hetero) is 1. The minimum Gasteiger partial charge on any atom is -0.458 e. The summed E-state index contributed by atoms with van der Waals surface area (Å²) in [6.45, 7) is 6.79. The first kappa shape index (κ1) is 28.6. The van der Waals surface area contributed by atoms with Gasteiger partial charge in [-0.2, -0.15) is 0 Å². The van der Waals surface area contributed by atoms with Crippen LogP contribution in [0.4, 0.5) is 4.79 Å². The van der Waals surface area contributed by atoms with Crippen LogP contribution in [0.5, 0.6) is 0 Å². The molecule has 2 rings (SSSR count). The fraction of sp³-hybridized carbons (Fsp3) is 0.462. The van der Waals surface area contributed by atoms with Crippen molar-refractivity contribution in [2.75, 3.05) is 0 Å². The lowest BCUT2D eigenvalue weighted by Crippen LogP contribution is -2.47. The Balaban J connectivity index is 1.94. The Morgan fingerprint density at radius 2 is 1.71 bits per heavy atom. The van der Waals surface area contributed by atoms with Crippen LogP contribution in [0, 0.1) is 0 Å². The molecule has 0 fully saturated rings. The zero-order valence-electron chi connectivity index (χ0n) is 20.8. The summed E-state index contributed by atoms with van der Waals surface area (Å²) in [4.78, 5) is 43.2. The van der Waals surface area contributed by atoms with Crippen molar-refractivity contribution in [2.45, 2.75) is 77.4 Å². The van der Waals surface area contributed by atoms with Gasteiger partial charge in [-0.3, -0.25) is 9.36 Å². The number of hydrogen-bond acceptors (Lipinski definition) is 5. The van der Waals surface area contributed by atoms with Crippen LogP contribution < -0.4 is 5.32 Å². The third-order valence-corrected chi connectivity index (χ3v) is 5.75. The number of furan rings is 1. The Labute approximate surface area is 206 Å². The standard InChI is InChI=1S/C26H36NO7P/c1-25(2,3)34-24(29)27-26(4,18-19-35(30,31)32)17-16-21-14-15-23(33-21)22(28)13-9-8-12-20-10-6-5-7-11-20/h5-7,10-11,14-15,18-19H,8-9,12-13,16-17H2,1-4H3,(H,27,29)(H2,30,31,32)/t26-/m1/s1. The second kappa shape index (κ2) is 12.3. The smallest absolute Gasteiger partial charge is 0.408 e. The van der Waals surface area contributed by atoms with Crippen molar-refractivity contribution in [2.24, 2.45) is 0 Å². The van der Waals surface area contributed by atoms with Crippen LogP contribution in [0.2, 0.25) is 0 Å². The van der Waals surface area contributed by atoms with Crippen molar-refractivity contribution in [3.05, 3.63) is 71.4 Å². The Bertz CT molecular complexity index is 1050. The lowest BCUT2D eigenvalue weighted by atomic mass is 9.95. The van der Waals surface area contributed by atoms with E-state index >= 15 is 0 Å². The van der Waals surface area contributed by atoms with Gasteiger partial charge in [0.25, 0.3) is 0 Å². The van der Waals surface area contributed by atoms with E-state index in [1.54, 1.807) is 39.8 Å². The highest BCUT2D eigenvalue weighted by Gasteiger charge is 2.28. The molecular weight excluding hydrogens is 469 g/mol. The number of unbranched alkanes of at least 4 members (excludes halogenated alkanes) is 1. The Morgan fingerprint density at radius 1 is 1.03 bits per heavy atom. The second-order valence-corrected chi connectivity index (χ2v) is 11.3. The molecule has 1 aromatic carbocycles. The number of ether oxygens (including phenoxy) is 1. The first-order valence-corrected chi connectivity index (χ1v) is 13.4. The maximum atomic E-state index is 12.5. The first-order valence-electron chi connectivity index (χ1n) is 11.7. The average molecular weight is 506 g/mol. The predicted molar refractivity (Wildman–Crippen MR) is 134 cm³/mol. The molecule has 192 valence electrons. The molecule has 0 bridgehead atoms. The maximum Gasteiger partial charge on any atom is 0.408 e. The molecule has 0 unspecified atom stereocenters. The molecule has 8 nitrogen and oxygen atoms in total. The Hall–Kier alpha value is -2.67. The molecule has 9 heteroatoms. The molecule has 2 aromatic rings. The minimum atomic E-state index is -4.43. The number of nitrogens with one attached hydrogen (secondary N) is 1. The van der Waals surface area contributed by atoms with Gasteiger partial charge in [-0.1, -0.05) is 36.4 Å². The lowest BCUT2D eigenvalue weighted by molar-refractivity contribution is 0.0480. The number of carbonyl (C=O) groups excluding carboxylic acids is 2. The predicted octanol–water partition coefficient (Wildman–Crippen LogP) is 5.78. The third kappa shape index (κ3) is 11.5. The van der Waals surface area contributed by atoms with E-state index in [1.165, 1.54) is 11.6 Å². The number of aryl methyl sites for hydroxylation is 2. The quantitative estimate of drug-likeness (QED) is 0.190. The van der Waals surface area contributed by atoms with Gasteiger partial charge < -0.3 is 24.3 Å². The van der Waals surface area contributed by atoms with Crippen LogP contribution in [0.25, 0.3) is 0 Å². The van der Waals surface area contributed by atoms with Crippen LogP contribution >= 0.6 is 7.60 Å². The molecule has 0 aliphatic carbocycles. The Morgan fingerprint density at radius 3 is 2.34 bits per heavy atom. The van der Waals surface area contributed by atoms with Crippen LogP contribution in [0.15, 0.2) is 58.8 Å². The summed E-state index contributed by atoms with van der Waals surface area (Å²) in [5, 5.41) is 2.67. The van der Waals surface area contributed by atoms with E-state index < -0.39 is 24.8 Å². The maximum absolute atomic E-state index is 12.5. The summed E-state index contributed by atoms with van der Waals surface area (Å²) >= 11 is 0. The molecule has 3 N–H and O–H groups in total. The minimum absolute atomic E-state index is 0.0691. The van der Waals surface area contributed by atoms with Crippen molar-refractivity contribution in [3.8, 4) is 0 Å². The van der Waals surface area contributed by atoms with Gasteiger partial charge in [0, 0.05) is 18.7 Å². The molecule has 0 aliphatic heterocycles. The summed E-state index contributed by atoms with van der Waals surface area (Å²) in [6, 6.07) is 13.5. The van der Waals surface area contributed by atoms with Gasteiger partial charge in [-0.05, 0) is 71.1 Å². The first-order chi connectivity index (χ1) is 16.2. The molecule has 35 heavy (non-hydrogen) atoms. The van der Waals surface area contributed by atoms with E-state index in [-0.39, 0.29) is 18.0 Å². The summed E-state index contributed by atoms with van der Waals surface area (Å²) in [7, 11) is -4.43. The van der Waals surface area contributed by atoms with Gasteiger partial charge in [0.2, 0.25) is 0 Å². The monoisotopic (exact) mass is 505 g/mol. The largest absolute Gasteiger partial charge is 0.458 e. The number of rotatable bonds is 12. The van der Waals surface area contributed by atoms with Crippen molar-refractivity contribution in [1.29, 1.82) is 0 Å². The summed E-state index contributed by atoms with van der Waals surface area (Å²) < 4.78 is 22.3. The van der Waals surface area contributed by atoms with E-state index in [0.29, 0.717) is 18.6 Å². The van der Waals surface area contributed by atoms with Crippen molar-refractivity contribution in [3.63, 3.8) is 0 Å². The van der Waals surface area contributed by atoms with Crippen LogP contribution in [-0.4, -0.2) is 32.8 Å². The number of hydrogen-bond donors (Lipinski definition) is 3. The summed E-state index contributed by atoms with van der Waals surface area (Å²) in [5.74, 6) is 1.52. The van der Waals surface area contributed by atoms with Crippen molar-refractivity contribution < 1.29 is 33.1 Å². The van der Waals surface area contributed by atoms with Gasteiger partial charge in [-0.25, -0.2) is 4.79 Å². The third-order valence-electron chi connectivity index (χ3n) is 5.21. The van der Waals surface area contributed by atoms with Gasteiger partial charge in [-0.15, -0.1) is 0 Å². The number of benzene rings is 1. The number of ketones is 1. The van der Waals surface area contributed by atoms with E-state index in [9.17, 15) is 23.9 Å². The number of alkyl carbamates (subject to hydrolysis) is 1. The van der Waals surface area contributed by atoms with E-state index in [2.05, 4.69) is 17.4 Å². The molecule has 1 aromatic heterocycles. The van der Waals surface area contributed by atoms with Gasteiger partial charge in [0.1, 0.15) is 11.4 Å².